The standard InChI is InChI=1S/C11H21NO4S/c1-3-4-10-5-7-12(8-6-10)17(15,16)9(2)11(13)14/h9-10H,3-8H2,1-2H3,(H,13,14). The lowest BCUT2D eigenvalue weighted by Crippen LogP contribution is -2.45. The lowest BCUT2D eigenvalue weighted by Gasteiger charge is -2.32. The van der Waals surface area contributed by atoms with Crippen LogP contribution in [-0.2, 0) is 14.8 Å². The number of carbonyl (C=O) groups is 1. The number of piperidine rings is 1. The van der Waals surface area contributed by atoms with E-state index in [4.69, 9.17) is 5.11 Å². The number of hydrogen-bond donors (Lipinski definition) is 1. The first kappa shape index (κ1) is 14.4. The van der Waals surface area contributed by atoms with Crippen LogP contribution in [0.4, 0.5) is 0 Å². The normalized spacial score (nSPS) is 21.3. The van der Waals surface area contributed by atoms with Gasteiger partial charge < -0.3 is 5.11 Å². The van der Waals surface area contributed by atoms with Gasteiger partial charge in [0.25, 0.3) is 0 Å². The van der Waals surface area contributed by atoms with Crippen molar-refractivity contribution >= 4 is 16.0 Å². The molecule has 0 aromatic heterocycles. The topological polar surface area (TPSA) is 74.7 Å². The highest BCUT2D eigenvalue weighted by Crippen LogP contribution is 2.24. The van der Waals surface area contributed by atoms with Crippen LogP contribution in [0.1, 0.15) is 39.5 Å². The van der Waals surface area contributed by atoms with Gasteiger partial charge >= 0.3 is 5.97 Å². The number of carboxylic acids is 1. The lowest BCUT2D eigenvalue weighted by atomic mass is 9.94. The van der Waals surface area contributed by atoms with Gasteiger partial charge in [-0.25, -0.2) is 12.7 Å². The second-order valence-electron chi connectivity index (χ2n) is 4.66. The molecule has 1 saturated heterocycles. The second kappa shape index (κ2) is 5.82. The summed E-state index contributed by atoms with van der Waals surface area (Å²) in [7, 11) is -3.67. The Bertz CT molecular complexity index is 358. The maximum atomic E-state index is 11.9. The van der Waals surface area contributed by atoms with E-state index in [0.717, 1.165) is 25.7 Å². The third-order valence-corrected chi connectivity index (χ3v) is 5.61. The van der Waals surface area contributed by atoms with Gasteiger partial charge in [0.15, 0.2) is 5.25 Å². The molecule has 100 valence electrons. The molecule has 0 amide bonds. The third kappa shape index (κ3) is 3.42. The average Bonchev–Trinajstić information content (AvgIpc) is 2.29. The van der Waals surface area contributed by atoms with Crippen LogP contribution < -0.4 is 0 Å². The van der Waals surface area contributed by atoms with Gasteiger partial charge in [0.2, 0.25) is 10.0 Å². The van der Waals surface area contributed by atoms with E-state index in [0.29, 0.717) is 19.0 Å². The molecule has 6 heteroatoms. The SMILES string of the molecule is CCCC1CCN(S(=O)(=O)C(C)C(=O)O)CC1. The van der Waals surface area contributed by atoms with Crippen LogP contribution in [0, 0.1) is 5.92 Å². The van der Waals surface area contributed by atoms with Gasteiger partial charge in [-0.05, 0) is 25.7 Å². The summed E-state index contributed by atoms with van der Waals surface area (Å²) in [5.41, 5.74) is 0. The van der Waals surface area contributed by atoms with Crippen molar-refractivity contribution in [1.82, 2.24) is 4.31 Å². The number of sulfonamides is 1. The van der Waals surface area contributed by atoms with Gasteiger partial charge in [-0.3, -0.25) is 4.79 Å². The van der Waals surface area contributed by atoms with E-state index in [-0.39, 0.29) is 0 Å². The Morgan fingerprint density at radius 2 is 1.94 bits per heavy atom. The molecular weight excluding hydrogens is 242 g/mol. The van der Waals surface area contributed by atoms with Crippen LogP contribution in [0.15, 0.2) is 0 Å². The number of rotatable bonds is 5. The zero-order valence-corrected chi connectivity index (χ0v) is 11.2. The molecule has 1 rings (SSSR count). The van der Waals surface area contributed by atoms with E-state index in [1.54, 1.807) is 0 Å². The molecule has 1 unspecified atom stereocenters. The van der Waals surface area contributed by atoms with Crippen molar-refractivity contribution < 1.29 is 18.3 Å². The van der Waals surface area contributed by atoms with Crippen molar-refractivity contribution in [3.05, 3.63) is 0 Å². The highest BCUT2D eigenvalue weighted by atomic mass is 32.2. The summed E-state index contributed by atoms with van der Waals surface area (Å²) in [6.07, 6.45) is 3.93. The van der Waals surface area contributed by atoms with Crippen molar-refractivity contribution in [3.63, 3.8) is 0 Å². The zero-order valence-electron chi connectivity index (χ0n) is 10.4. The Balaban J connectivity index is 2.62. The molecule has 17 heavy (non-hydrogen) atoms. The fourth-order valence-electron chi connectivity index (χ4n) is 2.21. The predicted molar refractivity (Wildman–Crippen MR) is 65.2 cm³/mol. The Kier molecular flexibility index (Phi) is 4.94. The minimum Gasteiger partial charge on any atom is -0.480 e. The van der Waals surface area contributed by atoms with E-state index in [9.17, 15) is 13.2 Å². The number of hydrogen-bond acceptors (Lipinski definition) is 3. The molecule has 1 aliphatic rings. The molecule has 0 aromatic carbocycles. The second-order valence-corrected chi connectivity index (χ2v) is 6.91. The minimum atomic E-state index is -3.67. The fraction of sp³-hybridized carbons (Fsp3) is 0.909. The van der Waals surface area contributed by atoms with Gasteiger partial charge in [0, 0.05) is 13.1 Å². The zero-order chi connectivity index (χ0) is 13.1. The van der Waals surface area contributed by atoms with Gasteiger partial charge in [0.1, 0.15) is 0 Å². The van der Waals surface area contributed by atoms with E-state index in [1.807, 2.05) is 0 Å². The Labute approximate surface area is 103 Å². The van der Waals surface area contributed by atoms with E-state index in [1.165, 1.54) is 11.2 Å². The lowest BCUT2D eigenvalue weighted by molar-refractivity contribution is -0.136. The summed E-state index contributed by atoms with van der Waals surface area (Å²) in [6.45, 7) is 4.28. The molecule has 0 aliphatic carbocycles. The highest BCUT2D eigenvalue weighted by Gasteiger charge is 2.35. The molecule has 1 atom stereocenters. The summed E-state index contributed by atoms with van der Waals surface area (Å²) >= 11 is 0. The maximum Gasteiger partial charge on any atom is 0.323 e. The molecule has 0 bridgehead atoms. The van der Waals surface area contributed by atoms with Crippen LogP contribution >= 0.6 is 0 Å². The van der Waals surface area contributed by atoms with Crippen LogP contribution in [0.5, 0.6) is 0 Å². The molecule has 0 saturated carbocycles. The summed E-state index contributed by atoms with van der Waals surface area (Å²) in [5, 5.41) is 7.44. The minimum absolute atomic E-state index is 0.463. The number of nitrogens with zero attached hydrogens (tertiary/aromatic N) is 1. The van der Waals surface area contributed by atoms with Gasteiger partial charge in [-0.2, -0.15) is 0 Å². The third-order valence-electron chi connectivity index (χ3n) is 3.42. The molecular formula is C11H21NO4S. The summed E-state index contributed by atoms with van der Waals surface area (Å²) < 4.78 is 25.2. The molecule has 5 nitrogen and oxygen atoms in total. The van der Waals surface area contributed by atoms with Crippen LogP contribution in [-0.4, -0.2) is 42.1 Å². The van der Waals surface area contributed by atoms with Crippen LogP contribution in [0.3, 0.4) is 0 Å². The van der Waals surface area contributed by atoms with E-state index < -0.39 is 21.2 Å². The quantitative estimate of drug-likeness (QED) is 0.811. The molecule has 1 fully saturated rings. The van der Waals surface area contributed by atoms with Gasteiger partial charge in [0.05, 0.1) is 0 Å². The van der Waals surface area contributed by atoms with Crippen molar-refractivity contribution in [2.45, 2.75) is 44.8 Å². The molecule has 1 N–H and O–H groups in total. The Hall–Kier alpha value is -0.620. The fourth-order valence-corrected chi connectivity index (χ4v) is 3.63. The van der Waals surface area contributed by atoms with E-state index in [2.05, 4.69) is 6.92 Å². The van der Waals surface area contributed by atoms with Crippen molar-refractivity contribution in [1.29, 1.82) is 0 Å². The molecule has 0 aromatic rings. The van der Waals surface area contributed by atoms with Gasteiger partial charge in [-0.1, -0.05) is 19.8 Å². The highest BCUT2D eigenvalue weighted by molar-refractivity contribution is 7.90. The van der Waals surface area contributed by atoms with Gasteiger partial charge in [-0.15, -0.1) is 0 Å². The predicted octanol–water partition coefficient (Wildman–Crippen LogP) is 1.30. The first-order chi connectivity index (χ1) is 7.89. The first-order valence-electron chi connectivity index (χ1n) is 6.11. The summed E-state index contributed by atoms with van der Waals surface area (Å²) in [4.78, 5) is 10.7. The largest absolute Gasteiger partial charge is 0.480 e. The van der Waals surface area contributed by atoms with Crippen LogP contribution in [0.25, 0.3) is 0 Å². The Morgan fingerprint density at radius 3 is 2.35 bits per heavy atom. The van der Waals surface area contributed by atoms with E-state index >= 15 is 0 Å². The molecule has 0 spiro atoms. The van der Waals surface area contributed by atoms with Crippen molar-refractivity contribution in [2.75, 3.05) is 13.1 Å². The first-order valence-corrected chi connectivity index (χ1v) is 7.61. The summed E-state index contributed by atoms with van der Waals surface area (Å²) in [6, 6.07) is 0. The smallest absolute Gasteiger partial charge is 0.323 e. The monoisotopic (exact) mass is 263 g/mol. The molecule has 1 aliphatic heterocycles. The van der Waals surface area contributed by atoms with Crippen molar-refractivity contribution in [3.8, 4) is 0 Å². The molecule has 0 radical (unpaired) electrons. The van der Waals surface area contributed by atoms with Crippen LogP contribution in [0.2, 0.25) is 0 Å². The maximum absolute atomic E-state index is 11.9. The van der Waals surface area contributed by atoms with Crippen molar-refractivity contribution in [2.24, 2.45) is 5.92 Å². The number of aliphatic carboxylic acids is 1. The molecule has 1 heterocycles. The number of carboxylic acid groups (broad SMARTS) is 1. The average molecular weight is 263 g/mol. The summed E-state index contributed by atoms with van der Waals surface area (Å²) in [5.74, 6) is -0.688. The Morgan fingerprint density at radius 1 is 1.41 bits per heavy atom.